The largest absolute Gasteiger partial charge is 0.350 e. The first-order chi connectivity index (χ1) is 8.93. The van der Waals surface area contributed by atoms with Gasteiger partial charge in [-0.3, -0.25) is 0 Å². The minimum absolute atomic E-state index is 0. The van der Waals surface area contributed by atoms with E-state index in [1.165, 1.54) is 64.2 Å². The Kier molecular flexibility index (Phi) is 5.43. The van der Waals surface area contributed by atoms with Crippen molar-refractivity contribution in [2.24, 2.45) is 0 Å². The van der Waals surface area contributed by atoms with E-state index in [0.29, 0.717) is 12.1 Å². The molecule has 0 unspecified atom stereocenters. The van der Waals surface area contributed by atoms with Gasteiger partial charge in [0.1, 0.15) is 0 Å². The standard InChI is InChI=1S/C13H23N5.ClH/c1-3-7-11(8-4-1)14-13-15-16-17-18(13)12-9-5-2-6-10-12;/h11-12H,1-10H2,(H,14,15,17);1H. The van der Waals surface area contributed by atoms with Crippen molar-refractivity contribution >= 4 is 18.4 Å². The van der Waals surface area contributed by atoms with Gasteiger partial charge in [-0.2, -0.15) is 0 Å². The highest BCUT2D eigenvalue weighted by atomic mass is 35.5. The number of halogens is 1. The van der Waals surface area contributed by atoms with Crippen molar-refractivity contribution in [3.05, 3.63) is 0 Å². The lowest BCUT2D eigenvalue weighted by molar-refractivity contribution is 0.325. The summed E-state index contributed by atoms with van der Waals surface area (Å²) in [5, 5.41) is 15.8. The average Bonchev–Trinajstić information content (AvgIpc) is 2.89. The van der Waals surface area contributed by atoms with Gasteiger partial charge in [0, 0.05) is 6.04 Å². The highest BCUT2D eigenvalue weighted by Crippen LogP contribution is 2.29. The second kappa shape index (κ2) is 7.08. The molecule has 2 saturated carbocycles. The summed E-state index contributed by atoms with van der Waals surface area (Å²) in [5.41, 5.74) is 0. The molecule has 0 atom stereocenters. The molecule has 0 bridgehead atoms. The molecule has 5 nitrogen and oxygen atoms in total. The molecule has 108 valence electrons. The maximum absolute atomic E-state index is 4.20. The van der Waals surface area contributed by atoms with E-state index < -0.39 is 0 Å². The van der Waals surface area contributed by atoms with E-state index in [2.05, 4.69) is 20.8 Å². The quantitative estimate of drug-likeness (QED) is 0.925. The van der Waals surface area contributed by atoms with Crippen LogP contribution < -0.4 is 5.32 Å². The number of nitrogens with zero attached hydrogens (tertiary/aromatic N) is 4. The molecule has 0 aromatic carbocycles. The molecule has 1 heterocycles. The summed E-state index contributed by atoms with van der Waals surface area (Å²) >= 11 is 0. The molecule has 0 amide bonds. The molecule has 2 aliphatic rings. The normalized spacial score (nSPS) is 21.9. The van der Waals surface area contributed by atoms with E-state index >= 15 is 0 Å². The Balaban J connectivity index is 0.00000133. The fourth-order valence-corrected chi connectivity index (χ4v) is 3.29. The summed E-state index contributed by atoms with van der Waals surface area (Å²) in [6.45, 7) is 0. The Hall–Kier alpha value is -0.840. The molecule has 0 saturated heterocycles. The molecule has 0 radical (unpaired) electrons. The molecule has 3 rings (SSSR count). The maximum atomic E-state index is 4.20. The van der Waals surface area contributed by atoms with E-state index in [-0.39, 0.29) is 12.4 Å². The topological polar surface area (TPSA) is 55.6 Å². The van der Waals surface area contributed by atoms with Gasteiger partial charge >= 0.3 is 0 Å². The van der Waals surface area contributed by atoms with Gasteiger partial charge in [-0.25, -0.2) is 4.68 Å². The van der Waals surface area contributed by atoms with E-state index in [0.717, 1.165) is 5.95 Å². The van der Waals surface area contributed by atoms with Crippen molar-refractivity contribution in [2.45, 2.75) is 76.3 Å². The van der Waals surface area contributed by atoms with Crippen LogP contribution in [0.15, 0.2) is 0 Å². The predicted molar refractivity (Wildman–Crippen MR) is 77.7 cm³/mol. The van der Waals surface area contributed by atoms with Crippen molar-refractivity contribution in [2.75, 3.05) is 5.32 Å². The Labute approximate surface area is 120 Å². The van der Waals surface area contributed by atoms with E-state index in [9.17, 15) is 0 Å². The van der Waals surface area contributed by atoms with Crippen LogP contribution in [0.1, 0.15) is 70.3 Å². The van der Waals surface area contributed by atoms with Crippen LogP contribution in [0.25, 0.3) is 0 Å². The third kappa shape index (κ3) is 3.59. The zero-order valence-corrected chi connectivity index (χ0v) is 12.2. The molecular formula is C13H24ClN5. The summed E-state index contributed by atoms with van der Waals surface area (Å²) in [4.78, 5) is 0. The lowest BCUT2D eigenvalue weighted by atomic mass is 9.95. The number of aromatic nitrogens is 4. The Morgan fingerprint density at radius 1 is 0.895 bits per heavy atom. The monoisotopic (exact) mass is 285 g/mol. The first-order valence-electron chi connectivity index (χ1n) is 7.48. The van der Waals surface area contributed by atoms with Gasteiger partial charge in [0.2, 0.25) is 5.95 Å². The van der Waals surface area contributed by atoms with Crippen molar-refractivity contribution in [1.82, 2.24) is 20.2 Å². The van der Waals surface area contributed by atoms with Crippen LogP contribution in [0, 0.1) is 0 Å². The summed E-state index contributed by atoms with van der Waals surface area (Å²) in [6, 6.07) is 1.09. The van der Waals surface area contributed by atoms with E-state index in [4.69, 9.17) is 0 Å². The molecule has 19 heavy (non-hydrogen) atoms. The lowest BCUT2D eigenvalue weighted by Crippen LogP contribution is -2.26. The van der Waals surface area contributed by atoms with Gasteiger partial charge in [0.05, 0.1) is 6.04 Å². The van der Waals surface area contributed by atoms with Gasteiger partial charge < -0.3 is 5.32 Å². The van der Waals surface area contributed by atoms with Crippen LogP contribution in [0.4, 0.5) is 5.95 Å². The fourth-order valence-electron chi connectivity index (χ4n) is 3.29. The maximum Gasteiger partial charge on any atom is 0.243 e. The van der Waals surface area contributed by atoms with Gasteiger partial charge in [0.25, 0.3) is 0 Å². The smallest absolute Gasteiger partial charge is 0.243 e. The van der Waals surface area contributed by atoms with Crippen molar-refractivity contribution in [3.8, 4) is 0 Å². The zero-order chi connectivity index (χ0) is 12.2. The summed E-state index contributed by atoms with van der Waals surface area (Å²) in [7, 11) is 0. The molecule has 1 N–H and O–H groups in total. The van der Waals surface area contributed by atoms with E-state index in [1.54, 1.807) is 0 Å². The average molecular weight is 286 g/mol. The fraction of sp³-hybridized carbons (Fsp3) is 0.923. The van der Waals surface area contributed by atoms with Crippen LogP contribution in [0.5, 0.6) is 0 Å². The van der Waals surface area contributed by atoms with Crippen LogP contribution in [-0.4, -0.2) is 26.2 Å². The molecule has 2 aliphatic carbocycles. The number of anilines is 1. The van der Waals surface area contributed by atoms with Crippen LogP contribution >= 0.6 is 12.4 Å². The number of hydrogen-bond acceptors (Lipinski definition) is 4. The highest BCUT2D eigenvalue weighted by Gasteiger charge is 2.22. The highest BCUT2D eigenvalue weighted by molar-refractivity contribution is 5.85. The lowest BCUT2D eigenvalue weighted by Gasteiger charge is -2.26. The molecule has 1 aromatic heterocycles. The molecule has 2 fully saturated rings. The third-order valence-corrected chi connectivity index (χ3v) is 4.35. The van der Waals surface area contributed by atoms with Crippen LogP contribution in [0.3, 0.4) is 0 Å². The minimum Gasteiger partial charge on any atom is -0.350 e. The molecule has 6 heteroatoms. The van der Waals surface area contributed by atoms with Gasteiger partial charge in [0.15, 0.2) is 0 Å². The van der Waals surface area contributed by atoms with Gasteiger partial charge in [-0.05, 0) is 36.1 Å². The summed E-state index contributed by atoms with van der Waals surface area (Å²) in [6.07, 6.45) is 13.0. The van der Waals surface area contributed by atoms with Crippen molar-refractivity contribution in [1.29, 1.82) is 0 Å². The SMILES string of the molecule is C1CCC(Nc2nnnn2C2CCCCC2)CC1.Cl. The van der Waals surface area contributed by atoms with Crippen LogP contribution in [-0.2, 0) is 0 Å². The first-order valence-corrected chi connectivity index (χ1v) is 7.48. The van der Waals surface area contributed by atoms with Gasteiger partial charge in [-0.1, -0.05) is 43.6 Å². The molecule has 1 aromatic rings. The predicted octanol–water partition coefficient (Wildman–Crippen LogP) is 3.34. The second-order valence-corrected chi connectivity index (χ2v) is 5.72. The number of rotatable bonds is 3. The second-order valence-electron chi connectivity index (χ2n) is 5.72. The summed E-state index contributed by atoms with van der Waals surface area (Å²) < 4.78 is 2.04. The van der Waals surface area contributed by atoms with Crippen molar-refractivity contribution in [3.63, 3.8) is 0 Å². The van der Waals surface area contributed by atoms with Gasteiger partial charge in [-0.15, -0.1) is 12.4 Å². The zero-order valence-electron chi connectivity index (χ0n) is 11.4. The third-order valence-electron chi connectivity index (χ3n) is 4.35. The minimum atomic E-state index is 0. The first kappa shape index (κ1) is 14.6. The molecule has 0 aliphatic heterocycles. The van der Waals surface area contributed by atoms with Crippen molar-refractivity contribution < 1.29 is 0 Å². The summed E-state index contributed by atoms with van der Waals surface area (Å²) in [5.74, 6) is 0.897. The number of hydrogen-bond donors (Lipinski definition) is 1. The number of nitrogens with one attached hydrogen (secondary N) is 1. The van der Waals surface area contributed by atoms with Crippen LogP contribution in [0.2, 0.25) is 0 Å². The molecular weight excluding hydrogens is 262 g/mol. The van der Waals surface area contributed by atoms with E-state index in [1.807, 2.05) is 4.68 Å². The Morgan fingerprint density at radius 2 is 1.53 bits per heavy atom. The Bertz CT molecular complexity index is 369. The Morgan fingerprint density at radius 3 is 2.21 bits per heavy atom. The molecule has 0 spiro atoms. The number of tetrazole rings is 1.